The van der Waals surface area contributed by atoms with E-state index < -0.39 is 5.82 Å². The van der Waals surface area contributed by atoms with E-state index in [-0.39, 0.29) is 5.15 Å². The molecule has 5 heteroatoms. The second-order valence-electron chi connectivity index (χ2n) is 4.95. The highest BCUT2D eigenvalue weighted by Crippen LogP contribution is 2.33. The van der Waals surface area contributed by atoms with Crippen LogP contribution in [0.3, 0.4) is 0 Å². The monoisotopic (exact) mass is 297 g/mol. The van der Waals surface area contributed by atoms with Crippen LogP contribution in [0.4, 0.5) is 4.39 Å². The van der Waals surface area contributed by atoms with Gasteiger partial charge in [-0.1, -0.05) is 44.7 Å². The van der Waals surface area contributed by atoms with E-state index in [0.717, 1.165) is 18.4 Å². The van der Waals surface area contributed by atoms with Crippen molar-refractivity contribution in [2.45, 2.75) is 58.9 Å². The van der Waals surface area contributed by atoms with E-state index >= 15 is 0 Å². The zero-order valence-corrected chi connectivity index (χ0v) is 13.0. The Balaban J connectivity index is 0.000000704. The van der Waals surface area contributed by atoms with Crippen LogP contribution in [-0.2, 0) is 0 Å². The maximum atomic E-state index is 14.0. The number of halogens is 2. The van der Waals surface area contributed by atoms with Gasteiger partial charge < -0.3 is 0 Å². The van der Waals surface area contributed by atoms with Gasteiger partial charge in [-0.15, -0.1) is 0 Å². The van der Waals surface area contributed by atoms with Gasteiger partial charge in [0.1, 0.15) is 0 Å². The number of nitrogens with zero attached hydrogens (tertiary/aromatic N) is 3. The van der Waals surface area contributed by atoms with Gasteiger partial charge in [-0.25, -0.2) is 9.37 Å². The van der Waals surface area contributed by atoms with Crippen LogP contribution in [0, 0.1) is 12.7 Å². The number of fused-ring (bicyclic) bond motifs is 1. The molecular formula is C15H21ClFN3. The Morgan fingerprint density at radius 3 is 2.55 bits per heavy atom. The zero-order chi connectivity index (χ0) is 14.7. The molecule has 0 radical (unpaired) electrons. The second-order valence-corrected chi connectivity index (χ2v) is 5.30. The van der Waals surface area contributed by atoms with Crippen molar-refractivity contribution in [3.05, 3.63) is 22.9 Å². The van der Waals surface area contributed by atoms with Crippen molar-refractivity contribution in [1.82, 2.24) is 14.8 Å². The predicted molar refractivity (Wildman–Crippen MR) is 80.7 cm³/mol. The van der Waals surface area contributed by atoms with Crippen molar-refractivity contribution >= 4 is 22.5 Å². The van der Waals surface area contributed by atoms with Crippen LogP contribution in [0.2, 0.25) is 5.15 Å². The molecule has 0 saturated heterocycles. The summed E-state index contributed by atoms with van der Waals surface area (Å²) in [7, 11) is 0. The van der Waals surface area contributed by atoms with Crippen LogP contribution >= 0.6 is 11.6 Å². The highest BCUT2D eigenvalue weighted by atomic mass is 35.5. The molecule has 0 N–H and O–H groups in total. The van der Waals surface area contributed by atoms with Crippen LogP contribution in [-0.4, -0.2) is 14.8 Å². The molecule has 0 aromatic carbocycles. The Morgan fingerprint density at radius 1 is 1.25 bits per heavy atom. The van der Waals surface area contributed by atoms with Crippen molar-refractivity contribution in [1.29, 1.82) is 0 Å². The van der Waals surface area contributed by atoms with E-state index in [4.69, 9.17) is 11.6 Å². The molecule has 1 aliphatic carbocycles. The number of pyridine rings is 1. The third-order valence-corrected chi connectivity index (χ3v) is 4.01. The lowest BCUT2D eigenvalue weighted by Crippen LogP contribution is -2.14. The molecule has 3 rings (SSSR count). The standard InChI is InChI=1S/C13H15ClFN3.C2H6/c1-8-11-10(7-16-13(14)12(11)15)18(17-8)9-5-3-2-4-6-9;1-2/h7,9H,2-6H2,1H3;1-2H3. The van der Waals surface area contributed by atoms with E-state index in [2.05, 4.69) is 10.1 Å². The summed E-state index contributed by atoms with van der Waals surface area (Å²) >= 11 is 5.73. The van der Waals surface area contributed by atoms with Crippen LogP contribution in [0.25, 0.3) is 10.9 Å². The van der Waals surface area contributed by atoms with Gasteiger partial charge in [0.15, 0.2) is 11.0 Å². The minimum atomic E-state index is -0.450. The zero-order valence-electron chi connectivity index (χ0n) is 12.3. The smallest absolute Gasteiger partial charge is 0.171 e. The van der Waals surface area contributed by atoms with Crippen LogP contribution in [0.5, 0.6) is 0 Å². The summed E-state index contributed by atoms with van der Waals surface area (Å²) in [4.78, 5) is 3.91. The predicted octanol–water partition coefficient (Wildman–Crippen LogP) is 5.06. The summed E-state index contributed by atoms with van der Waals surface area (Å²) in [5.41, 5.74) is 1.46. The lowest BCUT2D eigenvalue weighted by Gasteiger charge is -2.22. The molecule has 1 fully saturated rings. The lowest BCUT2D eigenvalue weighted by atomic mass is 9.95. The molecule has 1 aliphatic rings. The summed E-state index contributed by atoms with van der Waals surface area (Å²) in [6.07, 6.45) is 7.58. The molecule has 20 heavy (non-hydrogen) atoms. The Labute approximate surface area is 124 Å². The third kappa shape index (κ3) is 2.66. The molecule has 2 aromatic rings. The van der Waals surface area contributed by atoms with E-state index in [0.29, 0.717) is 17.1 Å². The summed E-state index contributed by atoms with van der Waals surface area (Å²) < 4.78 is 15.9. The number of aromatic nitrogens is 3. The number of rotatable bonds is 1. The Hall–Kier alpha value is -1.16. The van der Waals surface area contributed by atoms with Crippen molar-refractivity contribution < 1.29 is 4.39 Å². The Bertz CT molecular complexity index is 588. The van der Waals surface area contributed by atoms with E-state index in [9.17, 15) is 4.39 Å². The second kappa shape index (κ2) is 6.53. The molecular weight excluding hydrogens is 277 g/mol. The largest absolute Gasteiger partial charge is 0.260 e. The fourth-order valence-electron chi connectivity index (χ4n) is 2.84. The van der Waals surface area contributed by atoms with E-state index in [1.807, 2.05) is 25.5 Å². The van der Waals surface area contributed by atoms with Crippen LogP contribution < -0.4 is 0 Å². The van der Waals surface area contributed by atoms with Gasteiger partial charge in [0.05, 0.1) is 28.8 Å². The maximum Gasteiger partial charge on any atom is 0.171 e. The van der Waals surface area contributed by atoms with Crippen molar-refractivity contribution in [2.24, 2.45) is 0 Å². The fraction of sp³-hybridized carbons (Fsp3) is 0.600. The quantitative estimate of drug-likeness (QED) is 0.689. The summed E-state index contributed by atoms with van der Waals surface area (Å²) in [6.45, 7) is 5.82. The Kier molecular flexibility index (Phi) is 4.97. The van der Waals surface area contributed by atoms with Crippen LogP contribution in [0.1, 0.15) is 57.7 Å². The SMILES string of the molecule is CC.Cc1nn(C2CCCCC2)c2cnc(Cl)c(F)c12. The lowest BCUT2D eigenvalue weighted by molar-refractivity contribution is 0.336. The van der Waals surface area contributed by atoms with Gasteiger partial charge in [0.2, 0.25) is 0 Å². The highest BCUT2D eigenvalue weighted by Gasteiger charge is 2.22. The maximum absolute atomic E-state index is 14.0. The van der Waals surface area contributed by atoms with Crippen molar-refractivity contribution in [3.63, 3.8) is 0 Å². The van der Waals surface area contributed by atoms with Crippen LogP contribution in [0.15, 0.2) is 6.20 Å². The summed E-state index contributed by atoms with van der Waals surface area (Å²) in [5, 5.41) is 4.93. The normalized spacial score (nSPS) is 16.1. The summed E-state index contributed by atoms with van der Waals surface area (Å²) in [6, 6.07) is 0.373. The van der Waals surface area contributed by atoms with Gasteiger partial charge in [-0.2, -0.15) is 5.10 Å². The highest BCUT2D eigenvalue weighted by molar-refractivity contribution is 6.30. The Morgan fingerprint density at radius 2 is 1.90 bits per heavy atom. The van der Waals surface area contributed by atoms with Gasteiger partial charge in [0, 0.05) is 0 Å². The summed E-state index contributed by atoms with van der Waals surface area (Å²) in [5.74, 6) is -0.450. The first kappa shape index (κ1) is 15.2. The number of hydrogen-bond acceptors (Lipinski definition) is 2. The molecule has 0 unspecified atom stereocenters. The minimum Gasteiger partial charge on any atom is -0.260 e. The van der Waals surface area contributed by atoms with Crippen molar-refractivity contribution in [3.8, 4) is 0 Å². The minimum absolute atomic E-state index is 0.0752. The molecule has 2 aromatic heterocycles. The average molecular weight is 298 g/mol. The van der Waals surface area contributed by atoms with E-state index in [1.54, 1.807) is 6.20 Å². The molecule has 2 heterocycles. The molecule has 0 amide bonds. The molecule has 1 saturated carbocycles. The van der Waals surface area contributed by atoms with Gasteiger partial charge in [0.25, 0.3) is 0 Å². The molecule has 0 spiro atoms. The molecule has 110 valence electrons. The first-order valence-electron chi connectivity index (χ1n) is 7.37. The average Bonchev–Trinajstić information content (AvgIpc) is 2.84. The first-order valence-corrected chi connectivity index (χ1v) is 7.75. The molecule has 0 bridgehead atoms. The molecule has 0 aliphatic heterocycles. The number of hydrogen-bond donors (Lipinski definition) is 0. The van der Waals surface area contributed by atoms with Gasteiger partial charge in [-0.3, -0.25) is 4.68 Å². The van der Waals surface area contributed by atoms with E-state index in [1.165, 1.54) is 19.3 Å². The number of aryl methyl sites for hydroxylation is 1. The topological polar surface area (TPSA) is 30.7 Å². The van der Waals surface area contributed by atoms with Gasteiger partial charge in [-0.05, 0) is 19.8 Å². The molecule has 0 atom stereocenters. The fourth-order valence-corrected chi connectivity index (χ4v) is 2.99. The van der Waals surface area contributed by atoms with Gasteiger partial charge >= 0.3 is 0 Å². The first-order chi connectivity index (χ1) is 9.68. The third-order valence-electron chi connectivity index (χ3n) is 3.74. The van der Waals surface area contributed by atoms with Crippen molar-refractivity contribution in [2.75, 3.05) is 0 Å². The molecule has 3 nitrogen and oxygen atoms in total.